The highest BCUT2D eigenvalue weighted by atomic mass is 79.9. The molecule has 88 valence electrons. The molecule has 0 unspecified atom stereocenters. The number of hydrogen-bond acceptors (Lipinski definition) is 3. The van der Waals surface area contributed by atoms with Crippen molar-refractivity contribution in [3.63, 3.8) is 0 Å². The third-order valence-corrected chi connectivity index (χ3v) is 3.02. The number of carbonyl (C=O) groups excluding carboxylic acids is 1. The summed E-state index contributed by atoms with van der Waals surface area (Å²) in [5.41, 5.74) is 0.0536. The van der Waals surface area contributed by atoms with Crippen LogP contribution in [0, 0.1) is 0 Å². The number of halogens is 1. The zero-order chi connectivity index (χ0) is 11.7. The van der Waals surface area contributed by atoms with E-state index in [9.17, 15) is 4.79 Å². The van der Waals surface area contributed by atoms with E-state index >= 15 is 0 Å². The van der Waals surface area contributed by atoms with Crippen molar-refractivity contribution in [3.05, 3.63) is 0 Å². The van der Waals surface area contributed by atoms with Crippen molar-refractivity contribution < 1.29 is 9.53 Å². The monoisotopic (exact) mass is 277 g/mol. The standard InChI is InChI=1S/C11H20BrNO2/c1-10(2)5-8(15-9(14)7-12)6-11(3,4)13-10/h8,13H,5-7H2,1-4H3. The summed E-state index contributed by atoms with van der Waals surface area (Å²) < 4.78 is 5.39. The highest BCUT2D eigenvalue weighted by molar-refractivity contribution is 9.09. The van der Waals surface area contributed by atoms with Gasteiger partial charge in [-0.05, 0) is 27.7 Å². The molecule has 3 nitrogen and oxygen atoms in total. The first-order chi connectivity index (χ1) is 6.74. The van der Waals surface area contributed by atoms with Gasteiger partial charge in [-0.1, -0.05) is 15.9 Å². The average molecular weight is 278 g/mol. The molecule has 15 heavy (non-hydrogen) atoms. The molecular formula is C11H20BrNO2. The molecule has 0 bridgehead atoms. The molecule has 0 atom stereocenters. The van der Waals surface area contributed by atoms with Gasteiger partial charge in [-0.2, -0.15) is 0 Å². The molecule has 0 saturated carbocycles. The first kappa shape index (κ1) is 13.0. The smallest absolute Gasteiger partial charge is 0.316 e. The molecule has 0 aromatic rings. The molecule has 0 aromatic heterocycles. The minimum Gasteiger partial charge on any atom is -0.462 e. The van der Waals surface area contributed by atoms with Gasteiger partial charge in [0.05, 0.1) is 0 Å². The largest absolute Gasteiger partial charge is 0.462 e. The third-order valence-electron chi connectivity index (χ3n) is 2.56. The Kier molecular flexibility index (Phi) is 3.82. The first-order valence-corrected chi connectivity index (χ1v) is 6.41. The van der Waals surface area contributed by atoms with Crippen molar-refractivity contribution in [3.8, 4) is 0 Å². The van der Waals surface area contributed by atoms with Crippen LogP contribution in [0.5, 0.6) is 0 Å². The zero-order valence-corrected chi connectivity index (χ0v) is 11.5. The van der Waals surface area contributed by atoms with Gasteiger partial charge < -0.3 is 10.1 Å². The van der Waals surface area contributed by atoms with E-state index in [-0.39, 0.29) is 28.5 Å². The summed E-state index contributed by atoms with van der Waals surface area (Å²) in [5.74, 6) is -0.173. The van der Waals surface area contributed by atoms with Crippen LogP contribution in [-0.2, 0) is 9.53 Å². The SMILES string of the molecule is CC1(C)CC(OC(=O)CBr)CC(C)(C)N1. The van der Waals surface area contributed by atoms with Crippen LogP contribution < -0.4 is 5.32 Å². The first-order valence-electron chi connectivity index (χ1n) is 5.29. The Morgan fingerprint density at radius 1 is 1.33 bits per heavy atom. The Hall–Kier alpha value is -0.0900. The zero-order valence-electron chi connectivity index (χ0n) is 9.89. The molecule has 0 spiro atoms. The van der Waals surface area contributed by atoms with Crippen LogP contribution in [0.3, 0.4) is 0 Å². The summed E-state index contributed by atoms with van der Waals surface area (Å²) >= 11 is 3.11. The third kappa shape index (κ3) is 4.11. The summed E-state index contributed by atoms with van der Waals surface area (Å²) in [6, 6.07) is 0. The number of alkyl halides is 1. The maximum Gasteiger partial charge on any atom is 0.316 e. The van der Waals surface area contributed by atoms with Gasteiger partial charge in [0.1, 0.15) is 11.4 Å². The molecule has 4 heteroatoms. The predicted octanol–water partition coefficient (Wildman–Crippen LogP) is 2.23. The van der Waals surface area contributed by atoms with Gasteiger partial charge in [0, 0.05) is 23.9 Å². The normalized spacial score (nSPS) is 24.9. The van der Waals surface area contributed by atoms with Crippen molar-refractivity contribution in [2.24, 2.45) is 0 Å². The van der Waals surface area contributed by atoms with Crippen molar-refractivity contribution in [1.29, 1.82) is 0 Å². The summed E-state index contributed by atoms with van der Waals surface area (Å²) in [6.07, 6.45) is 1.77. The van der Waals surface area contributed by atoms with E-state index in [4.69, 9.17) is 4.74 Å². The molecule has 0 aromatic carbocycles. The van der Waals surface area contributed by atoms with Crippen molar-refractivity contribution in [2.45, 2.75) is 57.7 Å². The Morgan fingerprint density at radius 2 is 1.80 bits per heavy atom. The van der Waals surface area contributed by atoms with Crippen LogP contribution in [0.4, 0.5) is 0 Å². The fraction of sp³-hybridized carbons (Fsp3) is 0.909. The highest BCUT2D eigenvalue weighted by Crippen LogP contribution is 2.30. The van der Waals surface area contributed by atoms with Gasteiger partial charge in [0.2, 0.25) is 0 Å². The van der Waals surface area contributed by atoms with Crippen LogP contribution in [-0.4, -0.2) is 28.5 Å². The van der Waals surface area contributed by atoms with E-state index in [0.717, 1.165) is 12.8 Å². The Balaban J connectivity index is 2.63. The lowest BCUT2D eigenvalue weighted by Gasteiger charge is -2.45. The second-order valence-electron chi connectivity index (χ2n) is 5.55. The maximum absolute atomic E-state index is 11.2. The van der Waals surface area contributed by atoms with Gasteiger partial charge in [-0.25, -0.2) is 0 Å². The van der Waals surface area contributed by atoms with Crippen LogP contribution in [0.15, 0.2) is 0 Å². The topological polar surface area (TPSA) is 38.3 Å². The van der Waals surface area contributed by atoms with Gasteiger partial charge in [-0.3, -0.25) is 4.79 Å². The fourth-order valence-electron chi connectivity index (χ4n) is 2.53. The maximum atomic E-state index is 11.2. The molecule has 0 amide bonds. The number of ether oxygens (including phenoxy) is 1. The van der Waals surface area contributed by atoms with E-state index in [2.05, 4.69) is 48.9 Å². The number of hydrogen-bond donors (Lipinski definition) is 1. The highest BCUT2D eigenvalue weighted by Gasteiger charge is 2.39. The van der Waals surface area contributed by atoms with E-state index in [1.165, 1.54) is 0 Å². The number of rotatable bonds is 2. The lowest BCUT2D eigenvalue weighted by atomic mass is 9.81. The molecule has 1 saturated heterocycles. The van der Waals surface area contributed by atoms with Crippen LogP contribution in [0.1, 0.15) is 40.5 Å². The average Bonchev–Trinajstić information content (AvgIpc) is 1.97. The van der Waals surface area contributed by atoms with Crippen LogP contribution in [0.25, 0.3) is 0 Å². The summed E-state index contributed by atoms with van der Waals surface area (Å²) in [6.45, 7) is 8.57. The van der Waals surface area contributed by atoms with E-state index < -0.39 is 0 Å². The van der Waals surface area contributed by atoms with E-state index in [1.807, 2.05) is 0 Å². The number of carbonyl (C=O) groups is 1. The second kappa shape index (κ2) is 4.42. The molecule has 1 fully saturated rings. The lowest BCUT2D eigenvalue weighted by molar-refractivity contribution is -0.149. The van der Waals surface area contributed by atoms with E-state index in [0.29, 0.717) is 0 Å². The Labute approximate surface area is 100 Å². The van der Waals surface area contributed by atoms with Gasteiger partial charge in [-0.15, -0.1) is 0 Å². The number of nitrogens with one attached hydrogen (secondary N) is 1. The van der Waals surface area contributed by atoms with E-state index in [1.54, 1.807) is 0 Å². The van der Waals surface area contributed by atoms with Crippen molar-refractivity contribution in [2.75, 3.05) is 5.33 Å². The fourth-order valence-corrected chi connectivity index (χ4v) is 2.66. The molecule has 1 rings (SSSR count). The van der Waals surface area contributed by atoms with Gasteiger partial charge >= 0.3 is 5.97 Å². The molecule has 1 N–H and O–H groups in total. The summed E-state index contributed by atoms with van der Waals surface area (Å²) in [4.78, 5) is 11.2. The predicted molar refractivity (Wildman–Crippen MR) is 64.2 cm³/mol. The van der Waals surface area contributed by atoms with Gasteiger partial charge in [0.25, 0.3) is 0 Å². The van der Waals surface area contributed by atoms with Crippen LogP contribution in [0.2, 0.25) is 0 Å². The number of esters is 1. The minimum atomic E-state index is -0.173. The summed E-state index contributed by atoms with van der Waals surface area (Å²) in [7, 11) is 0. The number of piperidine rings is 1. The molecule has 1 heterocycles. The summed E-state index contributed by atoms with van der Waals surface area (Å²) in [5, 5.41) is 3.83. The Morgan fingerprint density at radius 3 is 2.20 bits per heavy atom. The molecule has 0 aliphatic carbocycles. The van der Waals surface area contributed by atoms with Crippen LogP contribution >= 0.6 is 15.9 Å². The second-order valence-corrected chi connectivity index (χ2v) is 6.11. The molecule has 1 aliphatic heterocycles. The molecule has 1 aliphatic rings. The molecule has 0 radical (unpaired) electrons. The van der Waals surface area contributed by atoms with Crippen molar-refractivity contribution in [1.82, 2.24) is 5.32 Å². The van der Waals surface area contributed by atoms with Crippen molar-refractivity contribution >= 4 is 21.9 Å². The quantitative estimate of drug-likeness (QED) is 0.622. The minimum absolute atomic E-state index is 0.0268. The van der Waals surface area contributed by atoms with Gasteiger partial charge in [0.15, 0.2) is 0 Å². The lowest BCUT2D eigenvalue weighted by Crippen LogP contribution is -2.59. The molecular weight excluding hydrogens is 258 g/mol. The Bertz CT molecular complexity index is 235.